The van der Waals surface area contributed by atoms with Crippen LogP contribution in [0, 0.1) is 17.0 Å². The monoisotopic (exact) mass is 303 g/mol. The molecule has 9 heteroatoms. The highest BCUT2D eigenvalue weighted by atomic mass is 16.6. The summed E-state index contributed by atoms with van der Waals surface area (Å²) in [5.41, 5.74) is 3.21. The van der Waals surface area contributed by atoms with Crippen molar-refractivity contribution in [3.8, 4) is 5.75 Å². The van der Waals surface area contributed by atoms with Crippen molar-refractivity contribution < 1.29 is 14.8 Å². The number of aromatic nitrogens is 2. The van der Waals surface area contributed by atoms with Gasteiger partial charge in [0.25, 0.3) is 5.91 Å². The lowest BCUT2D eigenvalue weighted by Gasteiger charge is -2.00. The Kier molecular flexibility index (Phi) is 4.47. The summed E-state index contributed by atoms with van der Waals surface area (Å²) in [7, 11) is 0. The number of nitrogens with zero attached hydrogens (tertiary/aromatic N) is 4. The summed E-state index contributed by atoms with van der Waals surface area (Å²) in [5, 5.41) is 27.5. The fraction of sp³-hybridized carbons (Fsp3) is 0.154. The van der Waals surface area contributed by atoms with E-state index in [0.29, 0.717) is 11.3 Å². The van der Waals surface area contributed by atoms with Crippen LogP contribution in [0.3, 0.4) is 0 Å². The van der Waals surface area contributed by atoms with Gasteiger partial charge in [-0.3, -0.25) is 4.79 Å². The molecule has 1 aromatic carbocycles. The van der Waals surface area contributed by atoms with Crippen molar-refractivity contribution in [2.24, 2.45) is 5.10 Å². The minimum absolute atomic E-state index is 0.0408. The Morgan fingerprint density at radius 1 is 1.55 bits per heavy atom. The highest BCUT2D eigenvalue weighted by molar-refractivity contribution is 5.84. The van der Waals surface area contributed by atoms with Crippen LogP contribution in [0.25, 0.3) is 0 Å². The maximum absolute atomic E-state index is 11.7. The van der Waals surface area contributed by atoms with Gasteiger partial charge in [0.2, 0.25) is 0 Å². The number of nitro groups is 1. The lowest BCUT2D eigenvalue weighted by molar-refractivity contribution is -0.389. The van der Waals surface area contributed by atoms with E-state index in [4.69, 9.17) is 0 Å². The van der Waals surface area contributed by atoms with Crippen LogP contribution in [0.5, 0.6) is 5.75 Å². The normalized spacial score (nSPS) is 10.8. The molecule has 0 unspecified atom stereocenters. The van der Waals surface area contributed by atoms with Gasteiger partial charge in [0.05, 0.1) is 23.1 Å². The maximum Gasteiger partial charge on any atom is 0.390 e. The van der Waals surface area contributed by atoms with Gasteiger partial charge in [0.15, 0.2) is 0 Å². The molecule has 0 saturated carbocycles. The molecule has 0 bridgehead atoms. The van der Waals surface area contributed by atoms with Gasteiger partial charge in [-0.25, -0.2) is 5.43 Å². The van der Waals surface area contributed by atoms with Crippen molar-refractivity contribution in [2.75, 3.05) is 0 Å². The Hall–Kier alpha value is -3.23. The van der Waals surface area contributed by atoms with Crippen molar-refractivity contribution in [3.63, 3.8) is 0 Å². The molecular formula is C13H13N5O4. The number of carbonyl (C=O) groups is 1. The Bertz CT molecular complexity index is 738. The third kappa shape index (κ3) is 3.66. The standard InChI is InChI=1S/C13H13N5O4/c1-9-6-12(18(21)22)16-17(9)8-13(20)15-14-7-10-4-2-3-5-11(10)19/h2-7,19H,8H2,1H3,(H,15,20)/b14-7-. The zero-order valence-corrected chi connectivity index (χ0v) is 11.6. The molecule has 22 heavy (non-hydrogen) atoms. The Labute approximate surface area is 125 Å². The second-order valence-electron chi connectivity index (χ2n) is 4.41. The summed E-state index contributed by atoms with van der Waals surface area (Å²) < 4.78 is 1.21. The first-order chi connectivity index (χ1) is 10.5. The summed E-state index contributed by atoms with van der Waals surface area (Å²) in [6.45, 7) is 1.41. The Balaban J connectivity index is 1.96. The van der Waals surface area contributed by atoms with Gasteiger partial charge in [0, 0.05) is 5.56 Å². The van der Waals surface area contributed by atoms with E-state index in [1.807, 2.05) is 0 Å². The molecule has 0 aliphatic heterocycles. The second kappa shape index (κ2) is 6.48. The lowest BCUT2D eigenvalue weighted by atomic mass is 10.2. The number of aryl methyl sites for hydroxylation is 1. The maximum atomic E-state index is 11.7. The van der Waals surface area contributed by atoms with E-state index in [-0.39, 0.29) is 18.1 Å². The molecule has 0 fully saturated rings. The molecule has 0 aliphatic rings. The quantitative estimate of drug-likeness (QED) is 0.483. The average molecular weight is 303 g/mol. The van der Waals surface area contributed by atoms with Gasteiger partial charge in [-0.05, 0) is 24.0 Å². The molecule has 9 nitrogen and oxygen atoms in total. The number of benzene rings is 1. The molecule has 2 N–H and O–H groups in total. The smallest absolute Gasteiger partial charge is 0.390 e. The third-order valence-electron chi connectivity index (χ3n) is 2.78. The molecule has 0 saturated heterocycles. The van der Waals surface area contributed by atoms with E-state index >= 15 is 0 Å². The first kappa shape index (κ1) is 15.2. The van der Waals surface area contributed by atoms with Crippen LogP contribution in [-0.4, -0.2) is 31.9 Å². The number of phenolic OH excluding ortho intramolecular Hbond substituents is 1. The van der Waals surface area contributed by atoms with Crippen molar-refractivity contribution in [1.29, 1.82) is 0 Å². The molecular weight excluding hydrogens is 290 g/mol. The van der Waals surface area contributed by atoms with Crippen LogP contribution >= 0.6 is 0 Å². The van der Waals surface area contributed by atoms with E-state index in [9.17, 15) is 20.0 Å². The molecule has 1 amide bonds. The van der Waals surface area contributed by atoms with Crippen LogP contribution < -0.4 is 5.43 Å². The van der Waals surface area contributed by atoms with Gasteiger partial charge >= 0.3 is 5.82 Å². The number of phenols is 1. The fourth-order valence-electron chi connectivity index (χ4n) is 1.68. The third-order valence-corrected chi connectivity index (χ3v) is 2.78. The van der Waals surface area contributed by atoms with Gasteiger partial charge in [0.1, 0.15) is 12.3 Å². The zero-order valence-electron chi connectivity index (χ0n) is 11.6. The molecule has 0 radical (unpaired) electrons. The molecule has 114 valence electrons. The van der Waals surface area contributed by atoms with Gasteiger partial charge in [-0.2, -0.15) is 9.78 Å². The Morgan fingerprint density at radius 3 is 2.91 bits per heavy atom. The fourth-order valence-corrected chi connectivity index (χ4v) is 1.68. The van der Waals surface area contributed by atoms with Crippen LogP contribution in [-0.2, 0) is 11.3 Å². The SMILES string of the molecule is Cc1cc([N+](=O)[O-])nn1CC(=O)N/N=C\c1ccccc1O. The van der Waals surface area contributed by atoms with Crippen molar-refractivity contribution in [3.05, 3.63) is 51.7 Å². The topological polar surface area (TPSA) is 123 Å². The van der Waals surface area contributed by atoms with E-state index in [1.54, 1.807) is 25.1 Å². The minimum atomic E-state index is -0.627. The zero-order chi connectivity index (χ0) is 16.1. The molecule has 0 aliphatic carbocycles. The van der Waals surface area contributed by atoms with Crippen LogP contribution in [0.15, 0.2) is 35.4 Å². The van der Waals surface area contributed by atoms with Crippen molar-refractivity contribution >= 4 is 17.9 Å². The number of aromatic hydroxyl groups is 1. The molecule has 2 rings (SSSR count). The molecule has 1 aromatic heterocycles. The number of hydrazone groups is 1. The van der Waals surface area contributed by atoms with Crippen LogP contribution in [0.2, 0.25) is 0 Å². The van der Waals surface area contributed by atoms with Crippen molar-refractivity contribution in [1.82, 2.24) is 15.2 Å². The van der Waals surface area contributed by atoms with Gasteiger partial charge in [-0.1, -0.05) is 12.1 Å². The lowest BCUT2D eigenvalue weighted by Crippen LogP contribution is -2.24. The number of hydrogen-bond donors (Lipinski definition) is 2. The summed E-state index contributed by atoms with van der Waals surface area (Å²) in [4.78, 5) is 21.7. The van der Waals surface area contributed by atoms with Gasteiger partial charge < -0.3 is 15.2 Å². The predicted molar refractivity (Wildman–Crippen MR) is 77.5 cm³/mol. The number of para-hydroxylation sites is 1. The van der Waals surface area contributed by atoms with E-state index < -0.39 is 10.8 Å². The summed E-state index contributed by atoms with van der Waals surface area (Å²) in [5.74, 6) is -0.769. The van der Waals surface area contributed by atoms with Crippen LogP contribution in [0.4, 0.5) is 5.82 Å². The van der Waals surface area contributed by atoms with E-state index in [1.165, 1.54) is 23.0 Å². The highest BCUT2D eigenvalue weighted by Gasteiger charge is 2.17. The van der Waals surface area contributed by atoms with Crippen LogP contribution in [0.1, 0.15) is 11.3 Å². The highest BCUT2D eigenvalue weighted by Crippen LogP contribution is 2.12. The molecule has 2 aromatic rings. The Morgan fingerprint density at radius 2 is 2.27 bits per heavy atom. The first-order valence-corrected chi connectivity index (χ1v) is 6.26. The number of carbonyl (C=O) groups excluding carboxylic acids is 1. The summed E-state index contributed by atoms with van der Waals surface area (Å²) >= 11 is 0. The van der Waals surface area contributed by atoms with Gasteiger partial charge in [-0.15, -0.1) is 0 Å². The first-order valence-electron chi connectivity index (χ1n) is 6.26. The summed E-state index contributed by atoms with van der Waals surface area (Å²) in [6, 6.07) is 7.79. The second-order valence-corrected chi connectivity index (χ2v) is 4.41. The van der Waals surface area contributed by atoms with Crippen molar-refractivity contribution in [2.45, 2.75) is 13.5 Å². The largest absolute Gasteiger partial charge is 0.507 e. The van der Waals surface area contributed by atoms with E-state index in [0.717, 1.165) is 0 Å². The number of amides is 1. The molecule has 1 heterocycles. The summed E-state index contributed by atoms with van der Waals surface area (Å²) in [6.07, 6.45) is 1.30. The predicted octanol–water partition coefficient (Wildman–Crippen LogP) is 0.956. The molecule has 0 atom stereocenters. The number of nitrogens with one attached hydrogen (secondary N) is 1. The number of hydrogen-bond acceptors (Lipinski definition) is 6. The number of rotatable bonds is 5. The minimum Gasteiger partial charge on any atom is -0.507 e. The average Bonchev–Trinajstić information content (AvgIpc) is 2.82. The van der Waals surface area contributed by atoms with E-state index in [2.05, 4.69) is 15.6 Å². The molecule has 0 spiro atoms.